The molecule has 0 aliphatic rings. The fourth-order valence-corrected chi connectivity index (χ4v) is 0.997. The molecule has 86 valence electrons. The van der Waals surface area contributed by atoms with Gasteiger partial charge in [0, 0.05) is 0 Å². The van der Waals surface area contributed by atoms with Crippen molar-refractivity contribution in [3.05, 3.63) is 0 Å². The first-order valence-corrected chi connectivity index (χ1v) is 5.59. The molecule has 3 heteroatoms. The minimum absolute atomic E-state index is 0.0245. The van der Waals surface area contributed by atoms with Gasteiger partial charge in [-0.1, -0.05) is 27.2 Å². The van der Waals surface area contributed by atoms with Gasteiger partial charge in [0.25, 0.3) is 0 Å². The average molecular weight is 203 g/mol. The second-order valence-corrected chi connectivity index (χ2v) is 2.94. The zero-order chi connectivity index (χ0) is 11.4. The lowest BCUT2D eigenvalue weighted by atomic mass is 10.0. The number of ether oxygens (including phenoxy) is 1. The summed E-state index contributed by atoms with van der Waals surface area (Å²) >= 11 is 0. The van der Waals surface area contributed by atoms with Crippen molar-refractivity contribution >= 4 is 5.97 Å². The third-order valence-corrected chi connectivity index (χ3v) is 1.78. The Morgan fingerprint density at radius 1 is 1.36 bits per heavy atom. The molecule has 3 nitrogen and oxygen atoms in total. The zero-order valence-electron chi connectivity index (χ0n) is 10.0. The summed E-state index contributed by atoms with van der Waals surface area (Å²) in [7, 11) is 0. The summed E-state index contributed by atoms with van der Waals surface area (Å²) in [5, 5.41) is 0. The second-order valence-electron chi connectivity index (χ2n) is 2.94. The molecule has 0 aromatic rings. The summed E-state index contributed by atoms with van der Waals surface area (Å²) in [6.45, 7) is 8.90. The molecule has 0 amide bonds. The van der Waals surface area contributed by atoms with E-state index < -0.39 is 0 Å². The van der Waals surface area contributed by atoms with Crippen LogP contribution in [0.5, 0.6) is 0 Å². The van der Waals surface area contributed by atoms with Gasteiger partial charge in [-0.25, -0.2) is 0 Å². The van der Waals surface area contributed by atoms with E-state index in [0.29, 0.717) is 13.2 Å². The molecule has 0 rings (SSSR count). The lowest BCUT2D eigenvalue weighted by Gasteiger charge is -2.09. The first kappa shape index (κ1) is 15.9. The fourth-order valence-electron chi connectivity index (χ4n) is 0.997. The molecule has 0 aromatic heterocycles. The normalized spacial score (nSPS) is 11.2. The SMILES string of the molecule is CC.CCOC(=O)[C@@H](C)CCCCN. The van der Waals surface area contributed by atoms with E-state index in [2.05, 4.69) is 0 Å². The van der Waals surface area contributed by atoms with Gasteiger partial charge in [0.1, 0.15) is 0 Å². The largest absolute Gasteiger partial charge is 0.466 e. The quantitative estimate of drug-likeness (QED) is 0.532. The summed E-state index contributed by atoms with van der Waals surface area (Å²) in [6, 6.07) is 0. The molecule has 0 bridgehead atoms. The van der Waals surface area contributed by atoms with E-state index in [-0.39, 0.29) is 11.9 Å². The van der Waals surface area contributed by atoms with Crippen molar-refractivity contribution in [3.63, 3.8) is 0 Å². The molecule has 2 N–H and O–H groups in total. The Bertz CT molecular complexity index is 126. The van der Waals surface area contributed by atoms with Crippen LogP contribution in [0.2, 0.25) is 0 Å². The maximum atomic E-state index is 11.1. The van der Waals surface area contributed by atoms with E-state index in [4.69, 9.17) is 10.5 Å². The van der Waals surface area contributed by atoms with Gasteiger partial charge in [-0.3, -0.25) is 4.79 Å². The van der Waals surface area contributed by atoms with Crippen LogP contribution in [0.1, 0.15) is 47.0 Å². The summed E-state index contributed by atoms with van der Waals surface area (Å²) < 4.78 is 4.86. The third-order valence-electron chi connectivity index (χ3n) is 1.78. The van der Waals surface area contributed by atoms with Crippen LogP contribution >= 0.6 is 0 Å². The van der Waals surface area contributed by atoms with Gasteiger partial charge in [0.2, 0.25) is 0 Å². The molecule has 0 aliphatic heterocycles. The Hall–Kier alpha value is -0.570. The van der Waals surface area contributed by atoms with E-state index in [1.807, 2.05) is 27.7 Å². The molecule has 0 radical (unpaired) electrons. The third kappa shape index (κ3) is 9.52. The highest BCUT2D eigenvalue weighted by atomic mass is 16.5. The van der Waals surface area contributed by atoms with Crippen molar-refractivity contribution in [1.82, 2.24) is 0 Å². The number of unbranched alkanes of at least 4 members (excludes halogenated alkanes) is 1. The van der Waals surface area contributed by atoms with E-state index >= 15 is 0 Å². The van der Waals surface area contributed by atoms with Gasteiger partial charge in [0.05, 0.1) is 12.5 Å². The van der Waals surface area contributed by atoms with Crippen LogP contribution in [0.25, 0.3) is 0 Å². The molecular weight excluding hydrogens is 178 g/mol. The first-order valence-electron chi connectivity index (χ1n) is 5.59. The Labute approximate surface area is 88.0 Å². The Kier molecular flexibility index (Phi) is 14.1. The predicted octanol–water partition coefficient (Wildman–Crippen LogP) is 2.34. The molecule has 0 saturated carbocycles. The molecule has 0 spiro atoms. The van der Waals surface area contributed by atoms with E-state index in [1.165, 1.54) is 0 Å². The second kappa shape index (κ2) is 12.4. The highest BCUT2D eigenvalue weighted by Gasteiger charge is 2.12. The van der Waals surface area contributed by atoms with E-state index in [0.717, 1.165) is 19.3 Å². The number of esters is 1. The average Bonchev–Trinajstić information content (AvgIpc) is 2.21. The van der Waals surface area contributed by atoms with E-state index in [1.54, 1.807) is 0 Å². The Balaban J connectivity index is 0. The molecule has 0 saturated heterocycles. The van der Waals surface area contributed by atoms with Crippen LogP contribution in [0, 0.1) is 5.92 Å². The van der Waals surface area contributed by atoms with Crippen molar-refractivity contribution in [1.29, 1.82) is 0 Å². The standard InChI is InChI=1S/C9H19NO2.C2H6/c1-3-12-9(11)8(2)6-4-5-7-10;1-2/h8H,3-7,10H2,1-2H3;1-2H3/t8-;/m0./s1. The molecule has 0 aromatic carbocycles. The lowest BCUT2D eigenvalue weighted by Crippen LogP contribution is -2.14. The maximum Gasteiger partial charge on any atom is 0.308 e. The van der Waals surface area contributed by atoms with Crippen LogP contribution in [0.4, 0.5) is 0 Å². The van der Waals surface area contributed by atoms with Crippen molar-refractivity contribution in [2.75, 3.05) is 13.2 Å². The van der Waals surface area contributed by atoms with Gasteiger partial charge in [-0.15, -0.1) is 0 Å². The number of nitrogens with two attached hydrogens (primary N) is 1. The van der Waals surface area contributed by atoms with E-state index in [9.17, 15) is 4.79 Å². The summed E-state index contributed by atoms with van der Waals surface area (Å²) in [4.78, 5) is 11.1. The number of rotatable bonds is 6. The minimum Gasteiger partial charge on any atom is -0.466 e. The van der Waals surface area contributed by atoms with Gasteiger partial charge in [0.15, 0.2) is 0 Å². The first-order chi connectivity index (χ1) is 6.72. The highest BCUT2D eigenvalue weighted by Crippen LogP contribution is 2.08. The summed E-state index contributed by atoms with van der Waals surface area (Å²) in [5.41, 5.74) is 5.33. The Morgan fingerprint density at radius 2 is 1.93 bits per heavy atom. The van der Waals surface area contributed by atoms with Crippen LogP contribution < -0.4 is 5.73 Å². The van der Waals surface area contributed by atoms with Gasteiger partial charge in [-0.05, 0) is 26.3 Å². The maximum absolute atomic E-state index is 11.1. The van der Waals surface area contributed by atoms with Crippen molar-refractivity contribution in [3.8, 4) is 0 Å². The summed E-state index contributed by atoms with van der Waals surface area (Å²) in [5.74, 6) is -0.0639. The number of carbonyl (C=O) groups excluding carboxylic acids is 1. The monoisotopic (exact) mass is 203 g/mol. The van der Waals surface area contributed by atoms with Crippen molar-refractivity contribution in [2.45, 2.75) is 47.0 Å². The van der Waals surface area contributed by atoms with Crippen LogP contribution in [0.3, 0.4) is 0 Å². The molecule has 0 fully saturated rings. The van der Waals surface area contributed by atoms with Gasteiger partial charge < -0.3 is 10.5 Å². The minimum atomic E-state index is -0.0884. The Morgan fingerprint density at radius 3 is 2.36 bits per heavy atom. The summed E-state index contributed by atoms with van der Waals surface area (Å²) in [6.07, 6.45) is 2.89. The highest BCUT2D eigenvalue weighted by molar-refractivity contribution is 5.71. The number of carbonyl (C=O) groups is 1. The van der Waals surface area contributed by atoms with Gasteiger partial charge in [-0.2, -0.15) is 0 Å². The molecule has 0 unspecified atom stereocenters. The number of hydrogen-bond acceptors (Lipinski definition) is 3. The fraction of sp³-hybridized carbons (Fsp3) is 0.909. The molecule has 0 heterocycles. The smallest absolute Gasteiger partial charge is 0.308 e. The van der Waals surface area contributed by atoms with Crippen LogP contribution in [-0.4, -0.2) is 19.1 Å². The van der Waals surface area contributed by atoms with Crippen molar-refractivity contribution < 1.29 is 9.53 Å². The van der Waals surface area contributed by atoms with Crippen LogP contribution in [-0.2, 0) is 9.53 Å². The molecule has 14 heavy (non-hydrogen) atoms. The van der Waals surface area contributed by atoms with Crippen LogP contribution in [0.15, 0.2) is 0 Å². The van der Waals surface area contributed by atoms with Crippen molar-refractivity contribution in [2.24, 2.45) is 11.7 Å². The molecular formula is C11H25NO2. The lowest BCUT2D eigenvalue weighted by molar-refractivity contribution is -0.147. The topological polar surface area (TPSA) is 52.3 Å². The molecule has 1 atom stereocenters. The molecule has 0 aliphatic carbocycles. The zero-order valence-corrected chi connectivity index (χ0v) is 10.0. The predicted molar refractivity (Wildman–Crippen MR) is 60.1 cm³/mol. The number of hydrogen-bond donors (Lipinski definition) is 1. The van der Waals surface area contributed by atoms with Gasteiger partial charge >= 0.3 is 5.97 Å².